The van der Waals surface area contributed by atoms with Crippen LogP contribution in [-0.2, 0) is 10.2 Å². The first-order valence-corrected chi connectivity index (χ1v) is 7.08. The summed E-state index contributed by atoms with van der Waals surface area (Å²) in [6.45, 7) is 4.95. The highest BCUT2D eigenvalue weighted by molar-refractivity contribution is 5.91. The molecule has 1 amide bonds. The van der Waals surface area contributed by atoms with E-state index in [0.717, 1.165) is 18.4 Å². The van der Waals surface area contributed by atoms with Gasteiger partial charge in [0.15, 0.2) is 0 Å². The van der Waals surface area contributed by atoms with Gasteiger partial charge in [0.1, 0.15) is 0 Å². The van der Waals surface area contributed by atoms with E-state index in [-0.39, 0.29) is 17.2 Å². The normalized spacial score (nSPS) is 17.1. The molecule has 1 aromatic carbocycles. The van der Waals surface area contributed by atoms with Gasteiger partial charge in [-0.2, -0.15) is 5.26 Å². The molecule has 1 aromatic rings. The number of carbonyl (C=O) groups is 1. The summed E-state index contributed by atoms with van der Waals surface area (Å²) in [5.74, 6) is 0.00740. The van der Waals surface area contributed by atoms with Gasteiger partial charge in [0, 0.05) is 18.8 Å². The number of nitrogens with two attached hydrogens (primary N) is 1. The standard InChI is InChI=1S/C16H21N3O/c1-3-19(11-12(2)10-17)15(20)16(8-9-16)13-4-6-14(18)7-5-13/h4-7,12H,3,8-9,11,18H2,1-2H3. The molecule has 4 nitrogen and oxygen atoms in total. The van der Waals surface area contributed by atoms with E-state index >= 15 is 0 Å². The van der Waals surface area contributed by atoms with Crippen LogP contribution in [0.15, 0.2) is 24.3 Å². The van der Waals surface area contributed by atoms with Crippen LogP contribution >= 0.6 is 0 Å². The van der Waals surface area contributed by atoms with Crippen molar-refractivity contribution < 1.29 is 4.79 Å². The van der Waals surface area contributed by atoms with Crippen LogP contribution in [0, 0.1) is 17.2 Å². The van der Waals surface area contributed by atoms with E-state index in [9.17, 15) is 4.79 Å². The van der Waals surface area contributed by atoms with Gasteiger partial charge in [-0.1, -0.05) is 12.1 Å². The van der Waals surface area contributed by atoms with Crippen molar-refractivity contribution in [1.29, 1.82) is 5.26 Å². The Kier molecular flexibility index (Phi) is 3.99. The van der Waals surface area contributed by atoms with Crippen LogP contribution in [0.4, 0.5) is 5.69 Å². The Morgan fingerprint density at radius 3 is 2.50 bits per heavy atom. The fourth-order valence-electron chi connectivity index (χ4n) is 2.58. The second-order valence-electron chi connectivity index (χ2n) is 5.58. The Morgan fingerprint density at radius 1 is 1.45 bits per heavy atom. The van der Waals surface area contributed by atoms with Crippen LogP contribution < -0.4 is 5.73 Å². The quantitative estimate of drug-likeness (QED) is 0.835. The van der Waals surface area contributed by atoms with E-state index in [1.54, 1.807) is 4.90 Å². The van der Waals surface area contributed by atoms with Crippen molar-refractivity contribution in [3.05, 3.63) is 29.8 Å². The number of rotatable bonds is 5. The number of nitrogen functional groups attached to an aromatic ring is 1. The lowest BCUT2D eigenvalue weighted by molar-refractivity contribution is -0.134. The Bertz CT molecular complexity index is 526. The first kappa shape index (κ1) is 14.4. The van der Waals surface area contributed by atoms with Crippen molar-refractivity contribution in [1.82, 2.24) is 4.90 Å². The number of hydrogen-bond acceptors (Lipinski definition) is 3. The zero-order chi connectivity index (χ0) is 14.8. The molecule has 4 heteroatoms. The SMILES string of the molecule is CCN(CC(C)C#N)C(=O)C1(c2ccc(N)cc2)CC1. The lowest BCUT2D eigenvalue weighted by Gasteiger charge is -2.27. The van der Waals surface area contributed by atoms with Gasteiger partial charge in [-0.05, 0) is 44.4 Å². The van der Waals surface area contributed by atoms with Crippen molar-refractivity contribution in [2.24, 2.45) is 5.92 Å². The average Bonchev–Trinajstić information content (AvgIpc) is 3.26. The zero-order valence-corrected chi connectivity index (χ0v) is 12.1. The minimum atomic E-state index is -0.376. The highest BCUT2D eigenvalue weighted by atomic mass is 16.2. The third-order valence-electron chi connectivity index (χ3n) is 4.01. The number of nitriles is 1. The summed E-state index contributed by atoms with van der Waals surface area (Å²) in [6.07, 6.45) is 1.76. The molecule has 106 valence electrons. The van der Waals surface area contributed by atoms with E-state index in [2.05, 4.69) is 6.07 Å². The van der Waals surface area contributed by atoms with Crippen molar-refractivity contribution in [3.63, 3.8) is 0 Å². The van der Waals surface area contributed by atoms with Crippen LogP contribution in [0.2, 0.25) is 0 Å². The van der Waals surface area contributed by atoms with Gasteiger partial charge < -0.3 is 10.6 Å². The van der Waals surface area contributed by atoms with Gasteiger partial charge in [-0.3, -0.25) is 4.79 Å². The lowest BCUT2D eigenvalue weighted by Crippen LogP contribution is -2.41. The van der Waals surface area contributed by atoms with E-state index in [4.69, 9.17) is 11.0 Å². The predicted molar refractivity (Wildman–Crippen MR) is 78.8 cm³/mol. The molecule has 1 aliphatic carbocycles. The van der Waals surface area contributed by atoms with Crippen molar-refractivity contribution in [2.75, 3.05) is 18.8 Å². The maximum Gasteiger partial charge on any atom is 0.233 e. The molecule has 2 rings (SSSR count). The molecular formula is C16H21N3O. The first-order chi connectivity index (χ1) is 9.53. The molecule has 0 spiro atoms. The number of amides is 1. The van der Waals surface area contributed by atoms with Gasteiger partial charge >= 0.3 is 0 Å². The van der Waals surface area contributed by atoms with Crippen LogP contribution in [0.5, 0.6) is 0 Å². The number of likely N-dealkylation sites (N-methyl/N-ethyl adjacent to an activating group) is 1. The number of anilines is 1. The molecule has 0 saturated heterocycles. The van der Waals surface area contributed by atoms with Gasteiger partial charge in [0.25, 0.3) is 0 Å². The highest BCUT2D eigenvalue weighted by Crippen LogP contribution is 2.49. The Labute approximate surface area is 120 Å². The van der Waals surface area contributed by atoms with Crippen molar-refractivity contribution >= 4 is 11.6 Å². The fourth-order valence-corrected chi connectivity index (χ4v) is 2.58. The minimum absolute atomic E-state index is 0.138. The van der Waals surface area contributed by atoms with Crippen molar-refractivity contribution in [2.45, 2.75) is 32.1 Å². The van der Waals surface area contributed by atoms with Crippen LogP contribution in [0.3, 0.4) is 0 Å². The molecule has 1 saturated carbocycles. The summed E-state index contributed by atoms with van der Waals surface area (Å²) >= 11 is 0. The smallest absolute Gasteiger partial charge is 0.233 e. The highest BCUT2D eigenvalue weighted by Gasteiger charge is 2.52. The van der Waals surface area contributed by atoms with Crippen LogP contribution in [0.1, 0.15) is 32.3 Å². The number of nitrogens with zero attached hydrogens (tertiary/aromatic N) is 2. The first-order valence-electron chi connectivity index (χ1n) is 7.08. The lowest BCUT2D eigenvalue weighted by atomic mass is 9.93. The Morgan fingerprint density at radius 2 is 2.05 bits per heavy atom. The molecule has 0 radical (unpaired) electrons. The van der Waals surface area contributed by atoms with E-state index in [1.165, 1.54) is 0 Å². The fraction of sp³-hybridized carbons (Fsp3) is 0.500. The second-order valence-corrected chi connectivity index (χ2v) is 5.58. The molecule has 1 unspecified atom stereocenters. The molecule has 0 aromatic heterocycles. The Hall–Kier alpha value is -2.02. The molecule has 20 heavy (non-hydrogen) atoms. The monoisotopic (exact) mass is 271 g/mol. The third-order valence-corrected chi connectivity index (χ3v) is 4.01. The molecule has 0 bridgehead atoms. The summed E-state index contributed by atoms with van der Waals surface area (Å²) in [4.78, 5) is 14.6. The maximum atomic E-state index is 12.8. The van der Waals surface area contributed by atoms with Crippen LogP contribution in [0.25, 0.3) is 0 Å². The second kappa shape index (κ2) is 5.54. The summed E-state index contributed by atoms with van der Waals surface area (Å²) in [7, 11) is 0. The summed E-state index contributed by atoms with van der Waals surface area (Å²) < 4.78 is 0. The predicted octanol–water partition coefficient (Wildman–Crippen LogP) is 2.31. The number of hydrogen-bond donors (Lipinski definition) is 1. The maximum absolute atomic E-state index is 12.8. The minimum Gasteiger partial charge on any atom is -0.399 e. The Balaban J connectivity index is 2.19. The molecule has 0 heterocycles. The molecule has 2 N–H and O–H groups in total. The van der Waals surface area contributed by atoms with Gasteiger partial charge in [0.2, 0.25) is 5.91 Å². The van der Waals surface area contributed by atoms with E-state index < -0.39 is 0 Å². The molecule has 1 aliphatic rings. The topological polar surface area (TPSA) is 70.1 Å². The summed E-state index contributed by atoms with van der Waals surface area (Å²) in [5.41, 5.74) is 7.08. The summed E-state index contributed by atoms with van der Waals surface area (Å²) in [5, 5.41) is 8.93. The summed E-state index contributed by atoms with van der Waals surface area (Å²) in [6, 6.07) is 9.77. The number of carbonyl (C=O) groups excluding carboxylic acids is 1. The van der Waals surface area contributed by atoms with E-state index in [1.807, 2.05) is 38.1 Å². The molecule has 1 fully saturated rings. The van der Waals surface area contributed by atoms with Crippen molar-refractivity contribution in [3.8, 4) is 6.07 Å². The molecular weight excluding hydrogens is 250 g/mol. The number of benzene rings is 1. The largest absolute Gasteiger partial charge is 0.399 e. The van der Waals surface area contributed by atoms with Crippen LogP contribution in [-0.4, -0.2) is 23.9 Å². The van der Waals surface area contributed by atoms with E-state index in [0.29, 0.717) is 18.8 Å². The third kappa shape index (κ3) is 2.62. The van der Waals surface area contributed by atoms with Gasteiger partial charge in [-0.25, -0.2) is 0 Å². The average molecular weight is 271 g/mol. The zero-order valence-electron chi connectivity index (χ0n) is 12.1. The molecule has 1 atom stereocenters. The van der Waals surface area contributed by atoms with Gasteiger partial charge in [0.05, 0.1) is 17.4 Å². The van der Waals surface area contributed by atoms with Gasteiger partial charge in [-0.15, -0.1) is 0 Å². The molecule has 0 aliphatic heterocycles.